The van der Waals surface area contributed by atoms with Gasteiger partial charge in [0, 0.05) is 13.1 Å². The van der Waals surface area contributed by atoms with E-state index in [0.29, 0.717) is 0 Å². The summed E-state index contributed by atoms with van der Waals surface area (Å²) in [7, 11) is -7.19. The van der Waals surface area contributed by atoms with Crippen molar-refractivity contribution < 1.29 is 21.2 Å². The Morgan fingerprint density at radius 1 is 1.11 bits per heavy atom. The molecule has 9 heteroatoms. The van der Waals surface area contributed by atoms with E-state index in [1.807, 2.05) is 0 Å². The van der Waals surface area contributed by atoms with Gasteiger partial charge in [-0.05, 0) is 25.1 Å². The molecular formula is C10H15FN2O4S2. The fraction of sp³-hybridized carbons (Fsp3) is 0.400. The Morgan fingerprint density at radius 2 is 1.74 bits per heavy atom. The van der Waals surface area contributed by atoms with Gasteiger partial charge >= 0.3 is 0 Å². The summed E-state index contributed by atoms with van der Waals surface area (Å²) in [5.41, 5.74) is 0. The molecule has 0 fully saturated rings. The monoisotopic (exact) mass is 310 g/mol. The van der Waals surface area contributed by atoms with Crippen molar-refractivity contribution in [2.24, 2.45) is 0 Å². The molecule has 1 aromatic rings. The van der Waals surface area contributed by atoms with Gasteiger partial charge in [0.05, 0.1) is 10.6 Å². The van der Waals surface area contributed by atoms with Gasteiger partial charge in [0.25, 0.3) is 0 Å². The molecule has 0 aliphatic heterocycles. The molecule has 0 saturated carbocycles. The largest absolute Gasteiger partial charge is 0.240 e. The van der Waals surface area contributed by atoms with E-state index in [9.17, 15) is 21.2 Å². The van der Waals surface area contributed by atoms with Crippen LogP contribution in [0.25, 0.3) is 0 Å². The van der Waals surface area contributed by atoms with E-state index in [1.54, 1.807) is 0 Å². The van der Waals surface area contributed by atoms with E-state index in [0.717, 1.165) is 12.1 Å². The van der Waals surface area contributed by atoms with E-state index in [2.05, 4.69) is 9.44 Å². The molecule has 0 spiro atoms. The Morgan fingerprint density at radius 3 is 2.32 bits per heavy atom. The maximum absolute atomic E-state index is 12.9. The summed E-state index contributed by atoms with van der Waals surface area (Å²) < 4.78 is 62.9. The van der Waals surface area contributed by atoms with Gasteiger partial charge < -0.3 is 0 Å². The highest BCUT2D eigenvalue weighted by atomic mass is 32.2. The first kappa shape index (κ1) is 16.0. The normalized spacial score (nSPS) is 12.5. The minimum atomic E-state index is -3.83. The molecular weight excluding hydrogens is 295 g/mol. The van der Waals surface area contributed by atoms with Crippen LogP contribution in [-0.2, 0) is 20.0 Å². The number of halogens is 1. The summed E-state index contributed by atoms with van der Waals surface area (Å²) >= 11 is 0. The zero-order chi connectivity index (χ0) is 14.5. The third-order valence-corrected chi connectivity index (χ3v) is 5.09. The molecule has 0 saturated heterocycles. The smallest absolute Gasteiger partial charge is 0.214 e. The Bertz CT molecular complexity index is 629. The second-order valence-corrected chi connectivity index (χ2v) is 7.52. The van der Waals surface area contributed by atoms with E-state index >= 15 is 0 Å². The lowest BCUT2D eigenvalue weighted by Gasteiger charge is -2.07. The lowest BCUT2D eigenvalue weighted by Crippen LogP contribution is -2.35. The van der Waals surface area contributed by atoms with Crippen LogP contribution < -0.4 is 9.44 Å². The molecule has 0 aliphatic rings. The van der Waals surface area contributed by atoms with Gasteiger partial charge in [-0.25, -0.2) is 30.7 Å². The molecule has 19 heavy (non-hydrogen) atoms. The van der Waals surface area contributed by atoms with Crippen molar-refractivity contribution in [2.45, 2.75) is 11.8 Å². The second kappa shape index (κ2) is 6.42. The Kier molecular flexibility index (Phi) is 5.41. The predicted molar refractivity (Wildman–Crippen MR) is 69.1 cm³/mol. The SMILES string of the molecule is CCS(=O)(=O)NCCNS(=O)(=O)c1cccc(F)c1. The van der Waals surface area contributed by atoms with Crippen LogP contribution in [0.2, 0.25) is 0 Å². The number of hydrogen-bond acceptors (Lipinski definition) is 4. The highest BCUT2D eigenvalue weighted by Gasteiger charge is 2.14. The molecule has 0 heterocycles. The molecule has 1 rings (SSSR count). The molecule has 6 nitrogen and oxygen atoms in total. The first-order valence-electron chi connectivity index (χ1n) is 5.49. The van der Waals surface area contributed by atoms with Gasteiger partial charge in [0.1, 0.15) is 5.82 Å². The van der Waals surface area contributed by atoms with Crippen molar-refractivity contribution in [2.75, 3.05) is 18.8 Å². The van der Waals surface area contributed by atoms with Crippen molar-refractivity contribution in [1.29, 1.82) is 0 Å². The van der Waals surface area contributed by atoms with Crippen LogP contribution >= 0.6 is 0 Å². The van der Waals surface area contributed by atoms with Gasteiger partial charge in [-0.1, -0.05) is 6.07 Å². The standard InChI is InChI=1S/C10H15FN2O4S2/c1-2-18(14,15)12-6-7-13-19(16,17)10-5-3-4-9(11)8-10/h3-5,8,12-13H,2,6-7H2,1H3. The molecule has 0 amide bonds. The fourth-order valence-corrected chi connectivity index (χ4v) is 2.89. The van der Waals surface area contributed by atoms with E-state index in [1.165, 1.54) is 19.1 Å². The van der Waals surface area contributed by atoms with E-state index in [4.69, 9.17) is 0 Å². The number of hydrogen-bond donors (Lipinski definition) is 2. The lowest BCUT2D eigenvalue weighted by atomic mass is 10.4. The molecule has 0 unspecified atom stereocenters. The third-order valence-electron chi connectivity index (χ3n) is 2.23. The van der Waals surface area contributed by atoms with Gasteiger partial charge in [-0.3, -0.25) is 0 Å². The summed E-state index contributed by atoms with van der Waals surface area (Å²) in [6.07, 6.45) is 0. The maximum Gasteiger partial charge on any atom is 0.240 e. The second-order valence-electron chi connectivity index (χ2n) is 3.65. The summed E-state index contributed by atoms with van der Waals surface area (Å²) in [4.78, 5) is -0.203. The quantitative estimate of drug-likeness (QED) is 0.696. The zero-order valence-electron chi connectivity index (χ0n) is 10.3. The number of nitrogens with one attached hydrogen (secondary N) is 2. The van der Waals surface area contributed by atoms with Crippen LogP contribution in [-0.4, -0.2) is 35.7 Å². The van der Waals surface area contributed by atoms with Crippen molar-refractivity contribution in [3.63, 3.8) is 0 Å². The Labute approximate surface area is 112 Å². The molecule has 1 aromatic carbocycles. The van der Waals surface area contributed by atoms with Crippen LogP contribution in [0.1, 0.15) is 6.92 Å². The van der Waals surface area contributed by atoms with Gasteiger partial charge in [-0.2, -0.15) is 0 Å². The number of benzene rings is 1. The van der Waals surface area contributed by atoms with Gasteiger partial charge in [0.2, 0.25) is 20.0 Å². The molecule has 0 atom stereocenters. The van der Waals surface area contributed by atoms with E-state index < -0.39 is 25.9 Å². The van der Waals surface area contributed by atoms with Crippen molar-refractivity contribution >= 4 is 20.0 Å². The van der Waals surface area contributed by atoms with Gasteiger partial charge in [0.15, 0.2) is 0 Å². The Hall–Kier alpha value is -1.03. The summed E-state index contributed by atoms with van der Waals surface area (Å²) in [5, 5.41) is 0. The fourth-order valence-electron chi connectivity index (χ4n) is 1.21. The first-order valence-corrected chi connectivity index (χ1v) is 8.63. The highest BCUT2D eigenvalue weighted by Crippen LogP contribution is 2.09. The van der Waals surface area contributed by atoms with Crippen LogP contribution in [0.5, 0.6) is 0 Å². The van der Waals surface area contributed by atoms with Crippen molar-refractivity contribution in [3.8, 4) is 0 Å². The minimum absolute atomic E-state index is 0.0648. The first-order chi connectivity index (χ1) is 8.77. The molecule has 2 N–H and O–H groups in total. The maximum atomic E-state index is 12.9. The molecule has 108 valence electrons. The summed E-state index contributed by atoms with van der Waals surface area (Å²) in [5.74, 6) is -0.738. The van der Waals surface area contributed by atoms with Crippen LogP contribution in [0.15, 0.2) is 29.2 Å². The zero-order valence-corrected chi connectivity index (χ0v) is 11.9. The van der Waals surface area contributed by atoms with E-state index in [-0.39, 0.29) is 23.7 Å². The summed E-state index contributed by atoms with van der Waals surface area (Å²) in [6, 6.07) is 4.55. The molecule has 0 aliphatic carbocycles. The number of rotatable bonds is 7. The third kappa shape index (κ3) is 5.23. The average molecular weight is 310 g/mol. The lowest BCUT2D eigenvalue weighted by molar-refractivity contribution is 0.569. The summed E-state index contributed by atoms with van der Waals surface area (Å²) in [6.45, 7) is 1.29. The highest BCUT2D eigenvalue weighted by molar-refractivity contribution is 7.89. The minimum Gasteiger partial charge on any atom is -0.214 e. The topological polar surface area (TPSA) is 92.3 Å². The number of sulfonamides is 2. The van der Waals surface area contributed by atoms with Crippen LogP contribution in [0.3, 0.4) is 0 Å². The molecule has 0 radical (unpaired) electrons. The Balaban J connectivity index is 2.58. The molecule has 0 aromatic heterocycles. The average Bonchev–Trinajstić information content (AvgIpc) is 2.35. The predicted octanol–water partition coefficient (Wildman–Crippen LogP) is 0.0433. The van der Waals surface area contributed by atoms with Crippen LogP contribution in [0.4, 0.5) is 4.39 Å². The van der Waals surface area contributed by atoms with Crippen LogP contribution in [0, 0.1) is 5.82 Å². The van der Waals surface area contributed by atoms with Crippen molar-refractivity contribution in [3.05, 3.63) is 30.1 Å². The van der Waals surface area contributed by atoms with Crippen molar-refractivity contribution in [1.82, 2.24) is 9.44 Å². The molecule has 0 bridgehead atoms. The van der Waals surface area contributed by atoms with Gasteiger partial charge in [-0.15, -0.1) is 0 Å².